The summed E-state index contributed by atoms with van der Waals surface area (Å²) in [6.45, 7) is 2.53. The van der Waals surface area contributed by atoms with E-state index < -0.39 is 0 Å². The molecule has 29 heavy (non-hydrogen) atoms. The highest BCUT2D eigenvalue weighted by Gasteiger charge is 2.25. The van der Waals surface area contributed by atoms with Gasteiger partial charge in [0.15, 0.2) is 0 Å². The van der Waals surface area contributed by atoms with E-state index in [1.165, 1.54) is 0 Å². The van der Waals surface area contributed by atoms with Gasteiger partial charge >= 0.3 is 0 Å². The van der Waals surface area contributed by atoms with Crippen LogP contribution in [0.25, 0.3) is 0 Å². The zero-order valence-electron chi connectivity index (χ0n) is 17.4. The Labute approximate surface area is 173 Å². The van der Waals surface area contributed by atoms with Crippen LogP contribution in [0.3, 0.4) is 0 Å². The van der Waals surface area contributed by atoms with Gasteiger partial charge in [0.2, 0.25) is 5.91 Å². The molecular formula is C23H31N3O3. The number of nitrogens with zero attached hydrogens (tertiary/aromatic N) is 2. The van der Waals surface area contributed by atoms with E-state index in [0.717, 1.165) is 55.1 Å². The molecule has 1 aliphatic heterocycles. The number of carbonyl (C=O) groups is 1. The van der Waals surface area contributed by atoms with Crippen molar-refractivity contribution in [2.24, 2.45) is 0 Å². The van der Waals surface area contributed by atoms with Gasteiger partial charge in [-0.1, -0.05) is 6.07 Å². The molecule has 0 bridgehead atoms. The second kappa shape index (κ2) is 10.8. The van der Waals surface area contributed by atoms with Crippen LogP contribution in [-0.4, -0.2) is 49.1 Å². The highest BCUT2D eigenvalue weighted by molar-refractivity contribution is 5.76. The Morgan fingerprint density at radius 3 is 2.62 bits per heavy atom. The topological polar surface area (TPSA) is 63.7 Å². The Morgan fingerprint density at radius 1 is 1.14 bits per heavy atom. The molecular weight excluding hydrogens is 366 g/mol. The number of aromatic nitrogens is 1. The molecule has 0 spiro atoms. The molecule has 1 saturated heterocycles. The molecule has 1 N–H and O–H groups in total. The molecule has 0 radical (unpaired) electrons. The summed E-state index contributed by atoms with van der Waals surface area (Å²) in [5.74, 6) is 1.66. The quantitative estimate of drug-likeness (QED) is 0.741. The summed E-state index contributed by atoms with van der Waals surface area (Å²) < 4.78 is 10.7. The fourth-order valence-electron chi connectivity index (χ4n) is 3.81. The van der Waals surface area contributed by atoms with Crippen LogP contribution in [0.15, 0.2) is 42.6 Å². The van der Waals surface area contributed by atoms with E-state index in [1.54, 1.807) is 20.4 Å². The van der Waals surface area contributed by atoms with E-state index in [-0.39, 0.29) is 11.9 Å². The Morgan fingerprint density at radius 2 is 1.93 bits per heavy atom. The lowest BCUT2D eigenvalue weighted by Crippen LogP contribution is -2.40. The number of methoxy groups -OCH3 is 2. The molecule has 2 aromatic rings. The minimum Gasteiger partial charge on any atom is -0.497 e. The predicted octanol–water partition coefficient (Wildman–Crippen LogP) is 3.20. The molecule has 1 atom stereocenters. The van der Waals surface area contributed by atoms with Gasteiger partial charge in [0, 0.05) is 24.7 Å². The molecule has 1 aromatic heterocycles. The first kappa shape index (κ1) is 21.1. The number of pyridine rings is 1. The molecule has 0 aliphatic carbocycles. The third-order valence-corrected chi connectivity index (χ3v) is 5.40. The van der Waals surface area contributed by atoms with Crippen molar-refractivity contribution in [1.29, 1.82) is 0 Å². The number of nitrogens with one attached hydrogen (secondary N) is 1. The van der Waals surface area contributed by atoms with E-state index in [9.17, 15) is 4.79 Å². The van der Waals surface area contributed by atoms with Crippen molar-refractivity contribution >= 4 is 5.91 Å². The second-order valence-electron chi connectivity index (χ2n) is 7.40. The molecule has 1 amide bonds. The monoisotopic (exact) mass is 397 g/mol. The van der Waals surface area contributed by atoms with Crippen LogP contribution >= 0.6 is 0 Å². The summed E-state index contributed by atoms with van der Waals surface area (Å²) in [5.41, 5.74) is 1.97. The van der Waals surface area contributed by atoms with Crippen molar-refractivity contribution in [3.8, 4) is 11.5 Å². The summed E-state index contributed by atoms with van der Waals surface area (Å²) in [5, 5.41) is 3.44. The SMILES string of the molecule is COc1cc(CCC(=O)N(Cc2ccccn2)C2CCCNCC2)cc(OC)c1. The van der Waals surface area contributed by atoms with E-state index in [1.807, 2.05) is 41.3 Å². The van der Waals surface area contributed by atoms with Gasteiger partial charge in [-0.3, -0.25) is 9.78 Å². The molecule has 156 valence electrons. The number of hydrogen-bond acceptors (Lipinski definition) is 5. The largest absolute Gasteiger partial charge is 0.497 e. The van der Waals surface area contributed by atoms with Crippen molar-refractivity contribution < 1.29 is 14.3 Å². The molecule has 2 heterocycles. The lowest BCUT2D eigenvalue weighted by Gasteiger charge is -2.31. The van der Waals surface area contributed by atoms with Crippen molar-refractivity contribution in [2.75, 3.05) is 27.3 Å². The standard InChI is InChI=1S/C23H31N3O3/c1-28-21-14-18(15-22(16-21)29-2)8-9-23(27)26(17-19-6-3-4-12-25-19)20-7-5-11-24-13-10-20/h3-4,6,12,14-16,20,24H,5,7-11,13,17H2,1-2H3. The summed E-state index contributed by atoms with van der Waals surface area (Å²) in [6, 6.07) is 11.9. The number of benzene rings is 1. The number of amides is 1. The first-order chi connectivity index (χ1) is 14.2. The van der Waals surface area contributed by atoms with Crippen molar-refractivity contribution in [3.63, 3.8) is 0 Å². The fraction of sp³-hybridized carbons (Fsp3) is 0.478. The lowest BCUT2D eigenvalue weighted by atomic mass is 10.0. The Bertz CT molecular complexity index is 752. The van der Waals surface area contributed by atoms with Crippen LogP contribution in [0.1, 0.15) is 36.9 Å². The minimum absolute atomic E-state index is 0.171. The Balaban J connectivity index is 1.72. The molecule has 0 saturated carbocycles. The van der Waals surface area contributed by atoms with Crippen LogP contribution in [0.4, 0.5) is 0 Å². The predicted molar refractivity (Wildman–Crippen MR) is 113 cm³/mol. The van der Waals surface area contributed by atoms with E-state index in [0.29, 0.717) is 19.4 Å². The summed E-state index contributed by atoms with van der Waals surface area (Å²) in [7, 11) is 3.27. The molecule has 1 aromatic carbocycles. The van der Waals surface area contributed by atoms with Crippen molar-refractivity contribution in [3.05, 3.63) is 53.9 Å². The van der Waals surface area contributed by atoms with Crippen LogP contribution in [0.2, 0.25) is 0 Å². The molecule has 6 heteroatoms. The summed E-state index contributed by atoms with van der Waals surface area (Å²) >= 11 is 0. The van der Waals surface area contributed by atoms with Crippen LogP contribution in [0.5, 0.6) is 11.5 Å². The highest BCUT2D eigenvalue weighted by Crippen LogP contribution is 2.24. The molecule has 3 rings (SSSR count). The number of rotatable bonds is 8. The van der Waals surface area contributed by atoms with Crippen molar-refractivity contribution in [2.45, 2.75) is 44.7 Å². The number of aryl methyl sites for hydroxylation is 1. The van der Waals surface area contributed by atoms with Crippen LogP contribution < -0.4 is 14.8 Å². The smallest absolute Gasteiger partial charge is 0.223 e. The summed E-state index contributed by atoms with van der Waals surface area (Å²) in [4.78, 5) is 19.7. The van der Waals surface area contributed by atoms with E-state index in [4.69, 9.17) is 9.47 Å². The molecule has 1 fully saturated rings. The zero-order chi connectivity index (χ0) is 20.5. The van der Waals surface area contributed by atoms with Gasteiger partial charge in [-0.05, 0) is 68.6 Å². The van der Waals surface area contributed by atoms with Gasteiger partial charge in [-0.15, -0.1) is 0 Å². The van der Waals surface area contributed by atoms with Crippen molar-refractivity contribution in [1.82, 2.24) is 15.2 Å². The third kappa shape index (κ3) is 6.19. The Hall–Kier alpha value is -2.60. The van der Waals surface area contributed by atoms with Gasteiger partial charge in [-0.2, -0.15) is 0 Å². The average molecular weight is 398 g/mol. The van der Waals surface area contributed by atoms with Gasteiger partial charge in [-0.25, -0.2) is 0 Å². The number of carbonyl (C=O) groups excluding carboxylic acids is 1. The van der Waals surface area contributed by atoms with Crippen LogP contribution in [-0.2, 0) is 17.8 Å². The van der Waals surface area contributed by atoms with E-state index >= 15 is 0 Å². The average Bonchev–Trinajstić information content (AvgIpc) is 3.05. The number of hydrogen-bond donors (Lipinski definition) is 1. The van der Waals surface area contributed by atoms with Gasteiger partial charge in [0.1, 0.15) is 11.5 Å². The third-order valence-electron chi connectivity index (χ3n) is 5.40. The number of ether oxygens (including phenoxy) is 2. The first-order valence-corrected chi connectivity index (χ1v) is 10.3. The normalized spacial score (nSPS) is 16.7. The maximum absolute atomic E-state index is 13.3. The zero-order valence-corrected chi connectivity index (χ0v) is 17.4. The van der Waals surface area contributed by atoms with Gasteiger partial charge in [0.05, 0.1) is 26.5 Å². The van der Waals surface area contributed by atoms with Gasteiger partial charge < -0.3 is 19.7 Å². The fourth-order valence-corrected chi connectivity index (χ4v) is 3.81. The summed E-state index contributed by atoms with van der Waals surface area (Å²) in [6.07, 6.45) is 5.98. The van der Waals surface area contributed by atoms with Crippen LogP contribution in [0, 0.1) is 0 Å². The lowest BCUT2D eigenvalue weighted by molar-refractivity contribution is -0.134. The molecule has 1 unspecified atom stereocenters. The maximum Gasteiger partial charge on any atom is 0.223 e. The Kier molecular flexibility index (Phi) is 7.87. The highest BCUT2D eigenvalue weighted by atomic mass is 16.5. The maximum atomic E-state index is 13.3. The molecule has 6 nitrogen and oxygen atoms in total. The minimum atomic E-state index is 0.171. The second-order valence-corrected chi connectivity index (χ2v) is 7.40. The first-order valence-electron chi connectivity index (χ1n) is 10.3. The van der Waals surface area contributed by atoms with Gasteiger partial charge in [0.25, 0.3) is 0 Å². The molecule has 1 aliphatic rings. The van der Waals surface area contributed by atoms with E-state index in [2.05, 4.69) is 10.3 Å².